The Morgan fingerprint density at radius 3 is 2.83 bits per heavy atom. The molecule has 0 fully saturated rings. The van der Waals surface area contributed by atoms with Gasteiger partial charge in [0.15, 0.2) is 4.34 Å². The number of hydrogen-bond acceptors (Lipinski definition) is 5. The maximum atomic E-state index is 12.2. The van der Waals surface area contributed by atoms with Gasteiger partial charge in [-0.15, -0.1) is 11.3 Å². The summed E-state index contributed by atoms with van der Waals surface area (Å²) in [4.78, 5) is 16.8. The summed E-state index contributed by atoms with van der Waals surface area (Å²) in [5.41, 5.74) is 3.27. The summed E-state index contributed by atoms with van der Waals surface area (Å²) >= 11 is 3.04. The zero-order chi connectivity index (χ0) is 16.9. The first kappa shape index (κ1) is 16.8. The quantitative estimate of drug-likeness (QED) is 0.659. The van der Waals surface area contributed by atoms with E-state index in [4.69, 9.17) is 4.42 Å². The summed E-state index contributed by atoms with van der Waals surface area (Å²) < 4.78 is 6.11. The maximum Gasteiger partial charge on any atom is 0.233 e. The summed E-state index contributed by atoms with van der Waals surface area (Å²) in [6, 6.07) is 11.9. The lowest BCUT2D eigenvalue weighted by Crippen LogP contribution is -2.30. The van der Waals surface area contributed by atoms with Gasteiger partial charge >= 0.3 is 0 Å². The van der Waals surface area contributed by atoms with Crippen LogP contribution in [0.25, 0.3) is 11.3 Å². The van der Waals surface area contributed by atoms with Gasteiger partial charge in [-0.1, -0.05) is 41.6 Å². The first-order valence-corrected chi connectivity index (χ1v) is 9.37. The van der Waals surface area contributed by atoms with Crippen LogP contribution in [0, 0.1) is 6.92 Å². The van der Waals surface area contributed by atoms with Crippen LogP contribution in [0.3, 0.4) is 0 Å². The molecule has 0 saturated heterocycles. The van der Waals surface area contributed by atoms with Crippen molar-refractivity contribution in [2.24, 2.45) is 0 Å². The van der Waals surface area contributed by atoms with E-state index in [-0.39, 0.29) is 11.2 Å². The second-order valence-electron chi connectivity index (χ2n) is 5.42. The average Bonchev–Trinajstić information content (AvgIpc) is 3.25. The van der Waals surface area contributed by atoms with Crippen molar-refractivity contribution in [3.05, 3.63) is 59.4 Å². The van der Waals surface area contributed by atoms with Gasteiger partial charge in [-0.05, 0) is 26.0 Å². The molecule has 2 aromatic heterocycles. The topological polar surface area (TPSA) is 55.1 Å². The molecular formula is C18H18N2O2S2. The molecule has 0 saturated carbocycles. The van der Waals surface area contributed by atoms with Gasteiger partial charge in [-0.3, -0.25) is 4.79 Å². The van der Waals surface area contributed by atoms with Crippen LogP contribution in [0.15, 0.2) is 56.8 Å². The highest BCUT2D eigenvalue weighted by Crippen LogP contribution is 2.31. The molecule has 6 heteroatoms. The minimum Gasteiger partial charge on any atom is -0.467 e. The number of thioether (sulfide) groups is 1. The van der Waals surface area contributed by atoms with Crippen molar-refractivity contribution >= 4 is 29.0 Å². The van der Waals surface area contributed by atoms with E-state index in [0.29, 0.717) is 6.54 Å². The highest BCUT2D eigenvalue weighted by Gasteiger charge is 2.16. The highest BCUT2D eigenvalue weighted by atomic mass is 32.2. The molecule has 24 heavy (non-hydrogen) atoms. The fourth-order valence-corrected chi connectivity index (χ4v) is 4.10. The van der Waals surface area contributed by atoms with Crippen LogP contribution in [0.5, 0.6) is 0 Å². The fourth-order valence-electron chi connectivity index (χ4n) is 2.10. The van der Waals surface area contributed by atoms with Crippen molar-refractivity contribution in [3.8, 4) is 11.3 Å². The number of thiazole rings is 1. The zero-order valence-corrected chi connectivity index (χ0v) is 15.1. The number of carbonyl (C=O) groups excluding carboxylic acids is 1. The smallest absolute Gasteiger partial charge is 0.233 e. The first-order chi connectivity index (χ1) is 11.6. The van der Waals surface area contributed by atoms with Gasteiger partial charge in [0.2, 0.25) is 5.91 Å². The Bertz CT molecular complexity index is 795. The van der Waals surface area contributed by atoms with Crippen LogP contribution in [0.4, 0.5) is 0 Å². The molecule has 1 amide bonds. The van der Waals surface area contributed by atoms with Crippen LogP contribution in [-0.4, -0.2) is 16.1 Å². The third-order valence-corrected chi connectivity index (χ3v) is 5.57. The molecule has 3 aromatic rings. The molecule has 1 unspecified atom stereocenters. The van der Waals surface area contributed by atoms with Crippen LogP contribution >= 0.6 is 23.1 Å². The van der Waals surface area contributed by atoms with Crippen molar-refractivity contribution in [2.45, 2.75) is 30.0 Å². The zero-order valence-electron chi connectivity index (χ0n) is 13.5. The number of amides is 1. The molecule has 0 aliphatic rings. The predicted octanol–water partition coefficient (Wildman–Crippen LogP) is 4.51. The summed E-state index contributed by atoms with van der Waals surface area (Å²) in [5, 5.41) is 4.69. The lowest BCUT2D eigenvalue weighted by atomic mass is 10.1. The van der Waals surface area contributed by atoms with Gasteiger partial charge in [-0.25, -0.2) is 4.98 Å². The van der Waals surface area contributed by atoms with E-state index in [9.17, 15) is 4.79 Å². The molecule has 1 atom stereocenters. The van der Waals surface area contributed by atoms with E-state index < -0.39 is 0 Å². The summed E-state index contributed by atoms with van der Waals surface area (Å²) in [6.45, 7) is 4.35. The van der Waals surface area contributed by atoms with E-state index in [1.165, 1.54) is 17.3 Å². The normalized spacial score (nSPS) is 12.1. The Morgan fingerprint density at radius 2 is 2.12 bits per heavy atom. The van der Waals surface area contributed by atoms with Gasteiger partial charge in [-0.2, -0.15) is 0 Å². The molecule has 124 valence electrons. The van der Waals surface area contributed by atoms with E-state index >= 15 is 0 Å². The standard InChI is InChI=1S/C18H18N2O2S2/c1-12-5-7-14(8-6-12)16-11-23-18(20-16)24-13(2)17(21)19-10-15-4-3-9-22-15/h3-9,11,13H,10H2,1-2H3,(H,19,21). The SMILES string of the molecule is Cc1ccc(-c2csc(SC(C)C(=O)NCc3ccco3)n2)cc1. The van der Waals surface area contributed by atoms with Crippen molar-refractivity contribution in [1.82, 2.24) is 10.3 Å². The number of nitrogens with one attached hydrogen (secondary N) is 1. The minimum atomic E-state index is -0.211. The first-order valence-electron chi connectivity index (χ1n) is 7.61. The summed E-state index contributed by atoms with van der Waals surface area (Å²) in [5.74, 6) is 0.722. The maximum absolute atomic E-state index is 12.2. The van der Waals surface area contributed by atoms with Crippen LogP contribution < -0.4 is 5.32 Å². The Kier molecular flexibility index (Phi) is 5.37. The minimum absolute atomic E-state index is 0.0246. The molecular weight excluding hydrogens is 340 g/mol. The number of benzene rings is 1. The number of aromatic nitrogens is 1. The summed E-state index contributed by atoms with van der Waals surface area (Å²) in [6.07, 6.45) is 1.60. The molecule has 3 rings (SSSR count). The highest BCUT2D eigenvalue weighted by molar-refractivity contribution is 8.02. The Morgan fingerprint density at radius 1 is 1.33 bits per heavy atom. The number of carbonyl (C=O) groups is 1. The summed E-state index contributed by atoms with van der Waals surface area (Å²) in [7, 11) is 0. The van der Waals surface area contributed by atoms with Crippen molar-refractivity contribution in [1.29, 1.82) is 0 Å². The lowest BCUT2D eigenvalue weighted by Gasteiger charge is -2.09. The van der Waals surface area contributed by atoms with Gasteiger partial charge in [0, 0.05) is 10.9 Å². The largest absolute Gasteiger partial charge is 0.467 e. The molecule has 1 N–H and O–H groups in total. The predicted molar refractivity (Wildman–Crippen MR) is 98.2 cm³/mol. The number of nitrogens with zero attached hydrogens (tertiary/aromatic N) is 1. The molecule has 0 radical (unpaired) electrons. The molecule has 0 bridgehead atoms. The second kappa shape index (κ2) is 7.68. The molecule has 4 nitrogen and oxygen atoms in total. The molecule has 0 spiro atoms. The number of hydrogen-bond donors (Lipinski definition) is 1. The molecule has 0 aliphatic carbocycles. The number of rotatable bonds is 6. The van der Waals surface area contributed by atoms with Gasteiger partial charge in [0.25, 0.3) is 0 Å². The second-order valence-corrected chi connectivity index (χ2v) is 7.87. The third kappa shape index (κ3) is 4.27. The van der Waals surface area contributed by atoms with E-state index in [2.05, 4.69) is 41.5 Å². The molecule has 0 aliphatic heterocycles. The molecule has 1 aromatic carbocycles. The number of aryl methyl sites for hydroxylation is 1. The van der Waals surface area contributed by atoms with Gasteiger partial charge in [0.1, 0.15) is 5.76 Å². The fraction of sp³-hybridized carbons (Fsp3) is 0.222. The van der Waals surface area contributed by atoms with Crippen molar-refractivity contribution in [2.75, 3.05) is 0 Å². The van der Waals surface area contributed by atoms with Gasteiger partial charge in [0.05, 0.1) is 23.8 Å². The lowest BCUT2D eigenvalue weighted by molar-refractivity contribution is -0.120. The molecule has 2 heterocycles. The van der Waals surface area contributed by atoms with E-state index in [1.807, 2.05) is 24.4 Å². The Labute approximate surface area is 149 Å². The van der Waals surface area contributed by atoms with Crippen LogP contribution in [0.1, 0.15) is 18.2 Å². The van der Waals surface area contributed by atoms with Crippen molar-refractivity contribution < 1.29 is 9.21 Å². The van der Waals surface area contributed by atoms with Crippen molar-refractivity contribution in [3.63, 3.8) is 0 Å². The third-order valence-electron chi connectivity index (χ3n) is 3.49. The van der Waals surface area contributed by atoms with E-state index in [1.54, 1.807) is 17.6 Å². The average molecular weight is 358 g/mol. The monoisotopic (exact) mass is 358 g/mol. The Balaban J connectivity index is 1.57. The van der Waals surface area contributed by atoms with E-state index in [0.717, 1.165) is 21.4 Å². The van der Waals surface area contributed by atoms with Crippen LogP contribution in [-0.2, 0) is 11.3 Å². The van der Waals surface area contributed by atoms with Gasteiger partial charge < -0.3 is 9.73 Å². The number of furan rings is 1. The Hall–Kier alpha value is -2.05. The van der Waals surface area contributed by atoms with Crippen LogP contribution in [0.2, 0.25) is 0 Å².